The van der Waals surface area contributed by atoms with E-state index in [0.717, 1.165) is 25.8 Å². The first-order valence-corrected chi connectivity index (χ1v) is 6.00. The van der Waals surface area contributed by atoms with Crippen LogP contribution in [0.15, 0.2) is 4.99 Å². The minimum Gasteiger partial charge on any atom is -0.483 e. The van der Waals surface area contributed by atoms with Crippen molar-refractivity contribution in [3.8, 4) is 0 Å². The Bertz CT molecular complexity index is 295. The summed E-state index contributed by atoms with van der Waals surface area (Å²) in [5.74, 6) is 0.591. The molecule has 1 heterocycles. The maximum atomic E-state index is 11.7. The number of carbonyl (C=O) groups excluding carboxylic acids is 1. The smallest absolute Gasteiger partial charge is 0.408 e. The first kappa shape index (κ1) is 13.8. The SMILES string of the molecule is COC1=NCCCCC1NC(=O)OC(C)(C)C. The highest BCUT2D eigenvalue weighted by Gasteiger charge is 2.24. The molecule has 0 aromatic rings. The number of hydrogen-bond acceptors (Lipinski definition) is 4. The van der Waals surface area contributed by atoms with Gasteiger partial charge < -0.3 is 14.8 Å². The van der Waals surface area contributed by atoms with Gasteiger partial charge >= 0.3 is 6.09 Å². The van der Waals surface area contributed by atoms with Crippen LogP contribution in [0.2, 0.25) is 0 Å². The number of nitrogens with zero attached hydrogens (tertiary/aromatic N) is 1. The van der Waals surface area contributed by atoms with Crippen molar-refractivity contribution in [1.29, 1.82) is 0 Å². The van der Waals surface area contributed by atoms with E-state index in [1.165, 1.54) is 0 Å². The van der Waals surface area contributed by atoms with E-state index in [1.54, 1.807) is 7.11 Å². The van der Waals surface area contributed by atoms with Crippen LogP contribution in [0, 0.1) is 0 Å². The van der Waals surface area contributed by atoms with Crippen LogP contribution in [0.5, 0.6) is 0 Å². The summed E-state index contributed by atoms with van der Waals surface area (Å²) in [4.78, 5) is 16.0. The lowest BCUT2D eigenvalue weighted by Crippen LogP contribution is -2.43. The molecule has 0 aromatic carbocycles. The zero-order valence-electron chi connectivity index (χ0n) is 11.1. The molecular formula is C12H22N2O3. The van der Waals surface area contributed by atoms with Crippen LogP contribution < -0.4 is 5.32 Å². The number of ether oxygens (including phenoxy) is 2. The molecule has 0 aromatic heterocycles. The Kier molecular flexibility index (Phi) is 4.78. The molecule has 1 rings (SSSR count). The lowest BCUT2D eigenvalue weighted by atomic mass is 10.1. The predicted molar refractivity (Wildman–Crippen MR) is 66.3 cm³/mol. The molecule has 0 spiro atoms. The molecule has 17 heavy (non-hydrogen) atoms. The van der Waals surface area contributed by atoms with E-state index in [1.807, 2.05) is 20.8 Å². The number of rotatable bonds is 1. The van der Waals surface area contributed by atoms with Gasteiger partial charge in [-0.2, -0.15) is 0 Å². The Labute approximate surface area is 103 Å². The molecule has 5 heteroatoms. The minimum atomic E-state index is -0.487. The Morgan fingerprint density at radius 1 is 1.41 bits per heavy atom. The van der Waals surface area contributed by atoms with E-state index >= 15 is 0 Å². The molecule has 0 saturated carbocycles. The number of aliphatic imine (C=N–C) groups is 1. The molecule has 1 atom stereocenters. The van der Waals surface area contributed by atoms with Crippen molar-refractivity contribution in [2.75, 3.05) is 13.7 Å². The fraction of sp³-hybridized carbons (Fsp3) is 0.833. The topological polar surface area (TPSA) is 59.9 Å². The number of amides is 1. The van der Waals surface area contributed by atoms with Crippen LogP contribution >= 0.6 is 0 Å². The van der Waals surface area contributed by atoms with Crippen LogP contribution in [-0.2, 0) is 9.47 Å². The monoisotopic (exact) mass is 242 g/mol. The number of carbonyl (C=O) groups is 1. The maximum absolute atomic E-state index is 11.7. The van der Waals surface area contributed by atoms with Crippen molar-refractivity contribution in [3.05, 3.63) is 0 Å². The van der Waals surface area contributed by atoms with E-state index in [4.69, 9.17) is 9.47 Å². The molecule has 1 aliphatic rings. The second-order valence-corrected chi connectivity index (χ2v) is 5.12. The fourth-order valence-corrected chi connectivity index (χ4v) is 1.67. The summed E-state index contributed by atoms with van der Waals surface area (Å²) >= 11 is 0. The van der Waals surface area contributed by atoms with Crippen LogP contribution in [-0.4, -0.2) is 37.3 Å². The average Bonchev–Trinajstić information content (AvgIpc) is 2.39. The van der Waals surface area contributed by atoms with Gasteiger partial charge in [-0.1, -0.05) is 0 Å². The van der Waals surface area contributed by atoms with Gasteiger partial charge in [0, 0.05) is 6.54 Å². The third kappa shape index (κ3) is 5.06. The van der Waals surface area contributed by atoms with Crippen LogP contribution in [0.3, 0.4) is 0 Å². The molecule has 1 N–H and O–H groups in total. The van der Waals surface area contributed by atoms with Gasteiger partial charge in [-0.15, -0.1) is 0 Å². The van der Waals surface area contributed by atoms with Crippen LogP contribution in [0.1, 0.15) is 40.0 Å². The van der Waals surface area contributed by atoms with E-state index in [0.29, 0.717) is 5.90 Å². The van der Waals surface area contributed by atoms with Crippen molar-refractivity contribution in [2.45, 2.75) is 51.7 Å². The lowest BCUT2D eigenvalue weighted by molar-refractivity contribution is 0.0511. The van der Waals surface area contributed by atoms with Gasteiger partial charge in [-0.25, -0.2) is 4.79 Å². The molecule has 0 saturated heterocycles. The Morgan fingerprint density at radius 2 is 2.12 bits per heavy atom. The van der Waals surface area contributed by atoms with E-state index in [2.05, 4.69) is 10.3 Å². The average molecular weight is 242 g/mol. The van der Waals surface area contributed by atoms with Crippen molar-refractivity contribution in [2.24, 2.45) is 4.99 Å². The summed E-state index contributed by atoms with van der Waals surface area (Å²) in [6, 6.07) is -0.169. The van der Waals surface area contributed by atoms with Gasteiger partial charge in [0.1, 0.15) is 11.6 Å². The minimum absolute atomic E-state index is 0.169. The highest BCUT2D eigenvalue weighted by Crippen LogP contribution is 2.11. The molecular weight excluding hydrogens is 220 g/mol. The normalized spacial score (nSPS) is 21.2. The van der Waals surface area contributed by atoms with E-state index < -0.39 is 11.7 Å². The molecule has 0 radical (unpaired) electrons. The van der Waals surface area contributed by atoms with Crippen molar-refractivity contribution in [3.63, 3.8) is 0 Å². The Balaban J connectivity index is 2.56. The number of hydrogen-bond donors (Lipinski definition) is 1. The van der Waals surface area contributed by atoms with Crippen LogP contribution in [0.4, 0.5) is 4.79 Å². The molecule has 0 fully saturated rings. The first-order valence-electron chi connectivity index (χ1n) is 6.00. The zero-order valence-corrected chi connectivity index (χ0v) is 11.1. The number of alkyl carbamates (subject to hydrolysis) is 1. The Morgan fingerprint density at radius 3 is 2.71 bits per heavy atom. The summed E-state index contributed by atoms with van der Waals surface area (Å²) in [6.45, 7) is 6.27. The second-order valence-electron chi connectivity index (χ2n) is 5.12. The summed E-state index contributed by atoms with van der Waals surface area (Å²) in [5, 5.41) is 2.80. The molecule has 1 aliphatic heterocycles. The highest BCUT2D eigenvalue weighted by molar-refractivity contribution is 5.85. The van der Waals surface area contributed by atoms with Crippen molar-refractivity contribution >= 4 is 12.0 Å². The van der Waals surface area contributed by atoms with Gasteiger partial charge in [-0.05, 0) is 40.0 Å². The largest absolute Gasteiger partial charge is 0.483 e. The quantitative estimate of drug-likeness (QED) is 0.766. The molecule has 5 nitrogen and oxygen atoms in total. The molecule has 1 amide bonds. The summed E-state index contributed by atoms with van der Waals surface area (Å²) in [7, 11) is 1.58. The standard InChI is InChI=1S/C12H22N2O3/c1-12(2,3)17-11(15)14-9-7-5-6-8-13-10(9)16-4/h9H,5-8H2,1-4H3,(H,14,15). The Hall–Kier alpha value is -1.26. The summed E-state index contributed by atoms with van der Waals surface area (Å²) in [6.07, 6.45) is 2.47. The summed E-state index contributed by atoms with van der Waals surface area (Å²) in [5.41, 5.74) is -0.487. The predicted octanol–water partition coefficient (Wildman–Crippen LogP) is 2.11. The van der Waals surface area contributed by atoms with Crippen LogP contribution in [0.25, 0.3) is 0 Å². The third-order valence-corrected chi connectivity index (χ3v) is 2.37. The van der Waals surface area contributed by atoms with Crippen molar-refractivity contribution in [1.82, 2.24) is 5.32 Å². The highest BCUT2D eigenvalue weighted by atomic mass is 16.6. The molecule has 0 aliphatic carbocycles. The van der Waals surface area contributed by atoms with Crippen molar-refractivity contribution < 1.29 is 14.3 Å². The number of methoxy groups -OCH3 is 1. The molecule has 1 unspecified atom stereocenters. The lowest BCUT2D eigenvalue weighted by Gasteiger charge is -2.23. The second kappa shape index (κ2) is 5.89. The third-order valence-electron chi connectivity index (χ3n) is 2.37. The van der Waals surface area contributed by atoms with Gasteiger partial charge in [0.2, 0.25) is 5.90 Å². The van der Waals surface area contributed by atoms with E-state index in [-0.39, 0.29) is 6.04 Å². The van der Waals surface area contributed by atoms with Gasteiger partial charge in [-0.3, -0.25) is 4.99 Å². The maximum Gasteiger partial charge on any atom is 0.408 e. The van der Waals surface area contributed by atoms with Gasteiger partial charge in [0.05, 0.1) is 7.11 Å². The van der Waals surface area contributed by atoms with Gasteiger partial charge in [0.15, 0.2) is 0 Å². The van der Waals surface area contributed by atoms with E-state index in [9.17, 15) is 4.79 Å². The fourth-order valence-electron chi connectivity index (χ4n) is 1.67. The molecule has 98 valence electrons. The number of nitrogens with one attached hydrogen (secondary N) is 1. The summed E-state index contributed by atoms with van der Waals surface area (Å²) < 4.78 is 10.4. The molecule has 0 bridgehead atoms. The zero-order chi connectivity index (χ0) is 12.9. The first-order chi connectivity index (χ1) is 7.92. The van der Waals surface area contributed by atoms with Gasteiger partial charge in [0.25, 0.3) is 0 Å².